The number of nitrogens with two attached hydrogens (primary N) is 1. The van der Waals surface area contributed by atoms with Gasteiger partial charge in [0, 0.05) is 6.42 Å². The molecule has 0 aromatic rings. The molecule has 0 aromatic carbocycles. The predicted molar refractivity (Wildman–Crippen MR) is 62.8 cm³/mol. The molecule has 1 amide bonds. The highest BCUT2D eigenvalue weighted by atomic mass is 16.5. The lowest BCUT2D eigenvalue weighted by Crippen LogP contribution is -2.09. The third kappa shape index (κ3) is 12.9. The minimum absolute atomic E-state index is 0.199. The van der Waals surface area contributed by atoms with Gasteiger partial charge in [-0.3, -0.25) is 9.59 Å². The molecule has 2 N–H and O–H groups in total. The van der Waals surface area contributed by atoms with Crippen molar-refractivity contribution in [3.8, 4) is 0 Å². The number of unbranched alkanes of at least 4 members (excludes halogenated alkanes) is 7. The molecular weight excluding hydrogens is 206 g/mol. The first-order valence-corrected chi connectivity index (χ1v) is 6.11. The molecule has 0 bridgehead atoms. The van der Waals surface area contributed by atoms with E-state index < -0.39 is 0 Å². The van der Waals surface area contributed by atoms with E-state index in [9.17, 15) is 9.59 Å². The molecule has 0 fully saturated rings. The number of hydrogen-bond donors (Lipinski definition) is 1. The molecule has 0 saturated heterocycles. The van der Waals surface area contributed by atoms with Gasteiger partial charge in [0.15, 0.2) is 0 Å². The van der Waals surface area contributed by atoms with Crippen molar-refractivity contribution in [2.24, 2.45) is 5.73 Å². The van der Waals surface area contributed by atoms with Gasteiger partial charge in [0.25, 0.3) is 6.47 Å². The van der Waals surface area contributed by atoms with Crippen LogP contribution in [0.3, 0.4) is 0 Å². The second-order valence-electron chi connectivity index (χ2n) is 4.01. The fraction of sp³-hybridized carbons (Fsp3) is 0.833. The van der Waals surface area contributed by atoms with E-state index in [1.165, 1.54) is 25.7 Å². The molecule has 4 nitrogen and oxygen atoms in total. The summed E-state index contributed by atoms with van der Waals surface area (Å²) >= 11 is 0. The van der Waals surface area contributed by atoms with Gasteiger partial charge in [-0.1, -0.05) is 38.5 Å². The van der Waals surface area contributed by atoms with Gasteiger partial charge in [-0.05, 0) is 12.8 Å². The summed E-state index contributed by atoms with van der Waals surface area (Å²) in [6, 6.07) is 0. The number of carbonyl (C=O) groups is 2. The smallest absolute Gasteiger partial charge is 0.293 e. The summed E-state index contributed by atoms with van der Waals surface area (Å²) in [5.74, 6) is -0.199. The van der Waals surface area contributed by atoms with Gasteiger partial charge in [-0.15, -0.1) is 0 Å². The fourth-order valence-electron chi connectivity index (χ4n) is 1.59. The molecule has 0 aromatic heterocycles. The van der Waals surface area contributed by atoms with Crippen molar-refractivity contribution >= 4 is 12.4 Å². The van der Waals surface area contributed by atoms with Crippen LogP contribution in [0.15, 0.2) is 0 Å². The molecule has 4 heteroatoms. The van der Waals surface area contributed by atoms with E-state index in [-0.39, 0.29) is 5.91 Å². The topological polar surface area (TPSA) is 69.4 Å². The van der Waals surface area contributed by atoms with Gasteiger partial charge < -0.3 is 10.5 Å². The van der Waals surface area contributed by atoms with Crippen molar-refractivity contribution in [2.45, 2.75) is 57.8 Å². The molecule has 0 saturated carbocycles. The van der Waals surface area contributed by atoms with E-state index in [1.807, 2.05) is 0 Å². The van der Waals surface area contributed by atoms with E-state index >= 15 is 0 Å². The van der Waals surface area contributed by atoms with Crippen LogP contribution < -0.4 is 5.73 Å². The van der Waals surface area contributed by atoms with Crippen molar-refractivity contribution in [2.75, 3.05) is 6.61 Å². The summed E-state index contributed by atoms with van der Waals surface area (Å²) in [7, 11) is 0. The lowest BCUT2D eigenvalue weighted by atomic mass is 10.1. The molecule has 0 radical (unpaired) electrons. The molecule has 0 unspecified atom stereocenters. The maximum absolute atomic E-state index is 10.4. The Labute approximate surface area is 97.5 Å². The highest BCUT2D eigenvalue weighted by Crippen LogP contribution is 2.09. The Kier molecular flexibility index (Phi) is 11.2. The first-order valence-electron chi connectivity index (χ1n) is 6.11. The van der Waals surface area contributed by atoms with Crippen LogP contribution >= 0.6 is 0 Å². The molecule has 16 heavy (non-hydrogen) atoms. The Morgan fingerprint density at radius 1 is 0.938 bits per heavy atom. The Morgan fingerprint density at radius 2 is 1.44 bits per heavy atom. The highest BCUT2D eigenvalue weighted by molar-refractivity contribution is 5.73. The summed E-state index contributed by atoms with van der Waals surface area (Å²) in [6.07, 6.45) is 9.42. The third-order valence-corrected chi connectivity index (χ3v) is 2.50. The highest BCUT2D eigenvalue weighted by Gasteiger charge is 1.95. The lowest BCUT2D eigenvalue weighted by Gasteiger charge is -2.01. The molecule has 0 heterocycles. The Hall–Kier alpha value is -1.06. The lowest BCUT2D eigenvalue weighted by molar-refractivity contribution is -0.128. The maximum atomic E-state index is 10.4. The number of amides is 1. The monoisotopic (exact) mass is 229 g/mol. The Balaban J connectivity index is 2.93. The number of ether oxygens (including phenoxy) is 1. The summed E-state index contributed by atoms with van der Waals surface area (Å²) in [5.41, 5.74) is 5.04. The number of rotatable bonds is 12. The van der Waals surface area contributed by atoms with Gasteiger partial charge in [-0.25, -0.2) is 0 Å². The van der Waals surface area contributed by atoms with Crippen molar-refractivity contribution in [1.29, 1.82) is 0 Å². The first-order chi connectivity index (χ1) is 7.77. The van der Waals surface area contributed by atoms with E-state index in [0.29, 0.717) is 19.5 Å². The molecule has 0 aliphatic carbocycles. The quantitative estimate of drug-likeness (QED) is 0.412. The molecular formula is C12H23NO3. The van der Waals surface area contributed by atoms with Gasteiger partial charge in [-0.2, -0.15) is 0 Å². The first kappa shape index (κ1) is 14.9. The van der Waals surface area contributed by atoms with Crippen molar-refractivity contribution < 1.29 is 14.3 Å². The molecule has 0 atom stereocenters. The van der Waals surface area contributed by atoms with Crippen molar-refractivity contribution in [3.63, 3.8) is 0 Å². The standard InChI is InChI=1S/C12H23NO3/c13-12(15)9-7-5-3-1-2-4-6-8-10-16-11-14/h11H,1-10H2,(H2,13,15). The minimum atomic E-state index is -0.199. The molecule has 94 valence electrons. The zero-order valence-electron chi connectivity index (χ0n) is 9.95. The second-order valence-corrected chi connectivity index (χ2v) is 4.01. The van der Waals surface area contributed by atoms with Crippen LogP contribution in [0.25, 0.3) is 0 Å². The van der Waals surface area contributed by atoms with Crippen molar-refractivity contribution in [3.05, 3.63) is 0 Å². The zero-order chi connectivity index (χ0) is 12.1. The van der Waals surface area contributed by atoms with Crippen LogP contribution in [-0.2, 0) is 14.3 Å². The molecule has 0 spiro atoms. The molecule has 0 aliphatic heterocycles. The predicted octanol–water partition coefficient (Wildman–Crippen LogP) is 2.16. The second kappa shape index (κ2) is 12.0. The van der Waals surface area contributed by atoms with Gasteiger partial charge in [0.2, 0.25) is 5.91 Å². The van der Waals surface area contributed by atoms with Gasteiger partial charge >= 0.3 is 0 Å². The zero-order valence-corrected chi connectivity index (χ0v) is 9.95. The summed E-state index contributed by atoms with van der Waals surface area (Å²) in [4.78, 5) is 20.3. The van der Waals surface area contributed by atoms with Crippen LogP contribution in [0.4, 0.5) is 0 Å². The van der Waals surface area contributed by atoms with Crippen molar-refractivity contribution in [1.82, 2.24) is 0 Å². The largest absolute Gasteiger partial charge is 0.468 e. The van der Waals surface area contributed by atoms with Gasteiger partial charge in [0.1, 0.15) is 0 Å². The summed E-state index contributed by atoms with van der Waals surface area (Å²) in [5, 5.41) is 0. The van der Waals surface area contributed by atoms with Crippen LogP contribution in [0.2, 0.25) is 0 Å². The van der Waals surface area contributed by atoms with Crippen LogP contribution in [0.1, 0.15) is 57.8 Å². The van der Waals surface area contributed by atoms with E-state index in [4.69, 9.17) is 5.73 Å². The number of hydrogen-bond acceptors (Lipinski definition) is 3. The minimum Gasteiger partial charge on any atom is -0.468 e. The average Bonchev–Trinajstić information content (AvgIpc) is 2.25. The van der Waals surface area contributed by atoms with E-state index in [2.05, 4.69) is 4.74 Å². The molecule has 0 aliphatic rings. The summed E-state index contributed by atoms with van der Waals surface area (Å²) < 4.78 is 4.59. The fourth-order valence-corrected chi connectivity index (χ4v) is 1.59. The maximum Gasteiger partial charge on any atom is 0.293 e. The summed E-state index contributed by atoms with van der Waals surface area (Å²) in [6.45, 7) is 1.04. The normalized spacial score (nSPS) is 10.0. The Bertz CT molecular complexity index is 183. The SMILES string of the molecule is NC(=O)CCCCCCCCCCOC=O. The van der Waals surface area contributed by atoms with E-state index in [0.717, 1.165) is 25.7 Å². The van der Waals surface area contributed by atoms with Crippen LogP contribution in [-0.4, -0.2) is 19.0 Å². The average molecular weight is 229 g/mol. The van der Waals surface area contributed by atoms with Crippen LogP contribution in [0.5, 0.6) is 0 Å². The number of primary amides is 1. The van der Waals surface area contributed by atoms with E-state index in [1.54, 1.807) is 0 Å². The number of carbonyl (C=O) groups excluding carboxylic acids is 2. The van der Waals surface area contributed by atoms with Crippen LogP contribution in [0, 0.1) is 0 Å². The molecule has 0 rings (SSSR count). The van der Waals surface area contributed by atoms with Gasteiger partial charge in [0.05, 0.1) is 6.61 Å². The Morgan fingerprint density at radius 3 is 1.94 bits per heavy atom. The third-order valence-electron chi connectivity index (χ3n) is 2.50.